The van der Waals surface area contributed by atoms with Crippen molar-refractivity contribution in [1.82, 2.24) is 0 Å². The van der Waals surface area contributed by atoms with Gasteiger partial charge in [-0.2, -0.15) is 0 Å². The standard InChI is InChI=1S/C12H16O2/c1-3-7-12(13)10(2)14-11-8-5-4-6-9-11/h4-6,8-10H,3,7H2,1-2H3. The van der Waals surface area contributed by atoms with Gasteiger partial charge in [-0.1, -0.05) is 25.1 Å². The number of benzene rings is 1. The van der Waals surface area contributed by atoms with Crippen LogP contribution in [0.3, 0.4) is 0 Å². The molecule has 0 radical (unpaired) electrons. The maximum absolute atomic E-state index is 11.4. The summed E-state index contributed by atoms with van der Waals surface area (Å²) < 4.78 is 5.48. The molecule has 1 unspecified atom stereocenters. The Labute approximate surface area is 84.9 Å². The molecule has 0 bridgehead atoms. The second kappa shape index (κ2) is 5.43. The summed E-state index contributed by atoms with van der Waals surface area (Å²) in [5, 5.41) is 0. The first kappa shape index (κ1) is 10.8. The maximum Gasteiger partial charge on any atom is 0.172 e. The molecule has 0 saturated heterocycles. The van der Waals surface area contributed by atoms with Gasteiger partial charge in [-0.25, -0.2) is 0 Å². The van der Waals surface area contributed by atoms with E-state index in [0.29, 0.717) is 6.42 Å². The third-order valence-corrected chi connectivity index (χ3v) is 2.01. The minimum atomic E-state index is -0.336. The van der Waals surface area contributed by atoms with Crippen molar-refractivity contribution in [3.8, 4) is 5.75 Å². The van der Waals surface area contributed by atoms with Crippen LogP contribution in [0.25, 0.3) is 0 Å². The highest BCUT2D eigenvalue weighted by molar-refractivity contribution is 5.82. The molecule has 0 fully saturated rings. The van der Waals surface area contributed by atoms with E-state index in [1.165, 1.54) is 0 Å². The highest BCUT2D eigenvalue weighted by atomic mass is 16.5. The van der Waals surface area contributed by atoms with E-state index in [9.17, 15) is 4.79 Å². The maximum atomic E-state index is 11.4. The summed E-state index contributed by atoms with van der Waals surface area (Å²) >= 11 is 0. The lowest BCUT2D eigenvalue weighted by molar-refractivity contribution is -0.125. The number of hydrogen-bond acceptors (Lipinski definition) is 2. The fourth-order valence-corrected chi connectivity index (χ4v) is 1.22. The quantitative estimate of drug-likeness (QED) is 0.717. The van der Waals surface area contributed by atoms with Crippen LogP contribution in [-0.2, 0) is 4.79 Å². The Balaban J connectivity index is 2.49. The first-order chi connectivity index (χ1) is 6.74. The summed E-state index contributed by atoms with van der Waals surface area (Å²) in [6.45, 7) is 3.79. The molecule has 0 N–H and O–H groups in total. The summed E-state index contributed by atoms with van der Waals surface area (Å²) in [5.74, 6) is 0.917. The Bertz CT molecular complexity index is 280. The number of para-hydroxylation sites is 1. The van der Waals surface area contributed by atoms with E-state index in [1.54, 1.807) is 6.92 Å². The Hall–Kier alpha value is -1.31. The SMILES string of the molecule is CCCC(=O)C(C)Oc1ccccc1. The number of rotatable bonds is 5. The molecule has 0 aliphatic heterocycles. The van der Waals surface area contributed by atoms with Crippen molar-refractivity contribution in [2.45, 2.75) is 32.8 Å². The first-order valence-corrected chi connectivity index (χ1v) is 4.98. The molecule has 0 aliphatic carbocycles. The van der Waals surface area contributed by atoms with Crippen molar-refractivity contribution in [2.75, 3.05) is 0 Å². The van der Waals surface area contributed by atoms with E-state index in [4.69, 9.17) is 4.74 Å². The Morgan fingerprint density at radius 3 is 2.57 bits per heavy atom. The van der Waals surface area contributed by atoms with Crippen molar-refractivity contribution in [3.63, 3.8) is 0 Å². The number of ketones is 1. The molecule has 1 aromatic carbocycles. The lowest BCUT2D eigenvalue weighted by Gasteiger charge is -2.12. The number of carbonyl (C=O) groups excluding carboxylic acids is 1. The zero-order valence-electron chi connectivity index (χ0n) is 8.69. The summed E-state index contributed by atoms with van der Waals surface area (Å²) in [7, 11) is 0. The van der Waals surface area contributed by atoms with Crippen LogP contribution in [0.5, 0.6) is 5.75 Å². The molecule has 0 saturated carbocycles. The van der Waals surface area contributed by atoms with Gasteiger partial charge in [0.2, 0.25) is 0 Å². The summed E-state index contributed by atoms with van der Waals surface area (Å²) in [5.41, 5.74) is 0. The zero-order valence-corrected chi connectivity index (χ0v) is 8.69. The molecule has 1 atom stereocenters. The number of hydrogen-bond donors (Lipinski definition) is 0. The smallest absolute Gasteiger partial charge is 0.172 e. The number of carbonyl (C=O) groups is 1. The van der Waals surface area contributed by atoms with Crippen molar-refractivity contribution in [1.29, 1.82) is 0 Å². The van der Waals surface area contributed by atoms with E-state index in [2.05, 4.69) is 0 Å². The minimum absolute atomic E-state index is 0.163. The third kappa shape index (κ3) is 3.21. The molecule has 14 heavy (non-hydrogen) atoms. The normalized spacial score (nSPS) is 12.1. The molecule has 2 heteroatoms. The van der Waals surface area contributed by atoms with E-state index in [-0.39, 0.29) is 11.9 Å². The van der Waals surface area contributed by atoms with Gasteiger partial charge in [0, 0.05) is 6.42 Å². The second-order valence-corrected chi connectivity index (χ2v) is 3.29. The molecular weight excluding hydrogens is 176 g/mol. The Morgan fingerprint density at radius 1 is 1.36 bits per heavy atom. The van der Waals surface area contributed by atoms with Gasteiger partial charge in [0.1, 0.15) is 5.75 Å². The third-order valence-electron chi connectivity index (χ3n) is 2.01. The van der Waals surface area contributed by atoms with Crippen molar-refractivity contribution < 1.29 is 9.53 Å². The molecule has 0 aromatic heterocycles. The zero-order chi connectivity index (χ0) is 10.4. The summed E-state index contributed by atoms with van der Waals surface area (Å²) in [6, 6.07) is 9.43. The fourth-order valence-electron chi connectivity index (χ4n) is 1.22. The van der Waals surface area contributed by atoms with Crippen LogP contribution in [0.2, 0.25) is 0 Å². The van der Waals surface area contributed by atoms with Crippen LogP contribution >= 0.6 is 0 Å². The number of Topliss-reactive ketones (excluding diaryl/α,β-unsaturated/α-hetero) is 1. The minimum Gasteiger partial charge on any atom is -0.483 e. The Kier molecular flexibility index (Phi) is 4.17. The lowest BCUT2D eigenvalue weighted by Crippen LogP contribution is -2.23. The largest absolute Gasteiger partial charge is 0.483 e. The van der Waals surface area contributed by atoms with E-state index >= 15 is 0 Å². The van der Waals surface area contributed by atoms with Crippen LogP contribution in [0.4, 0.5) is 0 Å². The van der Waals surface area contributed by atoms with Gasteiger partial charge >= 0.3 is 0 Å². The first-order valence-electron chi connectivity index (χ1n) is 4.98. The monoisotopic (exact) mass is 192 g/mol. The number of ether oxygens (including phenoxy) is 1. The van der Waals surface area contributed by atoms with Gasteiger partial charge in [-0.3, -0.25) is 4.79 Å². The van der Waals surface area contributed by atoms with Crippen LogP contribution in [0.1, 0.15) is 26.7 Å². The molecule has 0 heterocycles. The van der Waals surface area contributed by atoms with Gasteiger partial charge in [-0.05, 0) is 25.5 Å². The van der Waals surface area contributed by atoms with Crippen molar-refractivity contribution >= 4 is 5.78 Å². The summed E-state index contributed by atoms with van der Waals surface area (Å²) in [6.07, 6.45) is 1.13. The van der Waals surface area contributed by atoms with Gasteiger partial charge in [0.05, 0.1) is 0 Å². The lowest BCUT2D eigenvalue weighted by atomic mass is 10.1. The average Bonchev–Trinajstić information content (AvgIpc) is 2.19. The predicted octanol–water partition coefficient (Wildman–Crippen LogP) is 2.82. The van der Waals surface area contributed by atoms with Crippen molar-refractivity contribution in [3.05, 3.63) is 30.3 Å². The molecule has 1 rings (SSSR count). The average molecular weight is 192 g/mol. The van der Waals surface area contributed by atoms with Gasteiger partial charge in [0.15, 0.2) is 11.9 Å². The molecule has 0 amide bonds. The van der Waals surface area contributed by atoms with Crippen molar-refractivity contribution in [2.24, 2.45) is 0 Å². The van der Waals surface area contributed by atoms with Gasteiger partial charge in [-0.15, -0.1) is 0 Å². The second-order valence-electron chi connectivity index (χ2n) is 3.29. The fraction of sp³-hybridized carbons (Fsp3) is 0.417. The van der Waals surface area contributed by atoms with Gasteiger partial charge < -0.3 is 4.74 Å². The molecule has 0 aliphatic rings. The molecule has 1 aromatic rings. The molecule has 0 spiro atoms. The van der Waals surface area contributed by atoms with E-state index in [1.807, 2.05) is 37.3 Å². The molecular formula is C12H16O2. The predicted molar refractivity (Wildman–Crippen MR) is 56.4 cm³/mol. The highest BCUT2D eigenvalue weighted by Gasteiger charge is 2.12. The topological polar surface area (TPSA) is 26.3 Å². The molecule has 76 valence electrons. The highest BCUT2D eigenvalue weighted by Crippen LogP contribution is 2.11. The van der Waals surface area contributed by atoms with Crippen LogP contribution < -0.4 is 4.74 Å². The van der Waals surface area contributed by atoms with Crippen LogP contribution in [0.15, 0.2) is 30.3 Å². The summed E-state index contributed by atoms with van der Waals surface area (Å²) in [4.78, 5) is 11.4. The van der Waals surface area contributed by atoms with Crippen LogP contribution in [-0.4, -0.2) is 11.9 Å². The van der Waals surface area contributed by atoms with Crippen LogP contribution in [0, 0.1) is 0 Å². The Morgan fingerprint density at radius 2 is 2.00 bits per heavy atom. The molecule has 2 nitrogen and oxygen atoms in total. The van der Waals surface area contributed by atoms with E-state index in [0.717, 1.165) is 12.2 Å². The van der Waals surface area contributed by atoms with E-state index < -0.39 is 0 Å². The van der Waals surface area contributed by atoms with Gasteiger partial charge in [0.25, 0.3) is 0 Å².